The van der Waals surface area contributed by atoms with Crippen molar-refractivity contribution >= 4 is 5.96 Å². The van der Waals surface area contributed by atoms with Gasteiger partial charge < -0.3 is 15.4 Å². The maximum atomic E-state index is 13.0. The van der Waals surface area contributed by atoms with Crippen LogP contribution in [0, 0.1) is 0 Å². The van der Waals surface area contributed by atoms with Gasteiger partial charge in [0.2, 0.25) is 0 Å². The zero-order valence-electron chi connectivity index (χ0n) is 15.2. The molecule has 144 valence electrons. The minimum atomic E-state index is -4.31. The quantitative estimate of drug-likeness (QED) is 0.617. The van der Waals surface area contributed by atoms with Gasteiger partial charge in [0.05, 0.1) is 11.2 Å². The number of rotatable bonds is 5. The number of nitrogens with one attached hydrogen (secondary N) is 2. The third-order valence-electron chi connectivity index (χ3n) is 5.40. The number of alkyl halides is 3. The lowest BCUT2D eigenvalue weighted by atomic mass is 9.94. The summed E-state index contributed by atoms with van der Waals surface area (Å²) in [6, 6.07) is 5.67. The van der Waals surface area contributed by atoms with Crippen molar-refractivity contribution < 1.29 is 17.9 Å². The van der Waals surface area contributed by atoms with Crippen LogP contribution < -0.4 is 10.6 Å². The molecule has 1 atom stereocenters. The summed E-state index contributed by atoms with van der Waals surface area (Å²) < 4.78 is 44.7. The van der Waals surface area contributed by atoms with Crippen LogP contribution in [0.3, 0.4) is 0 Å². The lowest BCUT2D eigenvalue weighted by molar-refractivity contribution is -0.137. The van der Waals surface area contributed by atoms with Crippen molar-refractivity contribution in [2.75, 3.05) is 26.7 Å². The van der Waals surface area contributed by atoms with Crippen LogP contribution in [0.1, 0.15) is 43.7 Å². The van der Waals surface area contributed by atoms with E-state index in [0.29, 0.717) is 19.0 Å². The summed E-state index contributed by atoms with van der Waals surface area (Å²) in [5.74, 6) is 0.653. The molecular formula is C19H26F3N3O. The van der Waals surface area contributed by atoms with Crippen molar-refractivity contribution in [2.45, 2.75) is 49.8 Å². The average Bonchev–Trinajstić information content (AvgIpc) is 3.28. The summed E-state index contributed by atoms with van der Waals surface area (Å²) in [7, 11) is 1.69. The molecule has 0 amide bonds. The van der Waals surface area contributed by atoms with Crippen LogP contribution in [0.5, 0.6) is 0 Å². The minimum Gasteiger partial charge on any atom is -0.373 e. The molecule has 1 aromatic rings. The summed E-state index contributed by atoms with van der Waals surface area (Å²) >= 11 is 0. The van der Waals surface area contributed by atoms with Crippen LogP contribution in [0.15, 0.2) is 29.3 Å². The first-order valence-electron chi connectivity index (χ1n) is 9.03. The molecule has 1 aliphatic heterocycles. The SMILES string of the molecule is CN=C(NCC1(C)CCCO1)NCC1(c2cccc(C(F)(F)F)c2)CC1. The molecule has 2 fully saturated rings. The van der Waals surface area contributed by atoms with Crippen molar-refractivity contribution in [3.05, 3.63) is 35.4 Å². The Balaban J connectivity index is 1.59. The van der Waals surface area contributed by atoms with Crippen molar-refractivity contribution in [3.8, 4) is 0 Å². The smallest absolute Gasteiger partial charge is 0.373 e. The first kappa shape index (κ1) is 19.0. The molecule has 2 aliphatic rings. The predicted molar refractivity (Wildman–Crippen MR) is 95.3 cm³/mol. The number of benzene rings is 1. The fourth-order valence-electron chi connectivity index (χ4n) is 3.46. The number of guanidine groups is 1. The number of ether oxygens (including phenoxy) is 1. The van der Waals surface area contributed by atoms with Crippen molar-refractivity contribution in [2.24, 2.45) is 4.99 Å². The van der Waals surface area contributed by atoms with E-state index >= 15 is 0 Å². The Hall–Kier alpha value is -1.76. The largest absolute Gasteiger partial charge is 0.416 e. The second-order valence-electron chi connectivity index (χ2n) is 7.54. The molecular weight excluding hydrogens is 343 g/mol. The lowest BCUT2D eigenvalue weighted by Gasteiger charge is -2.25. The molecule has 0 bridgehead atoms. The number of halogens is 3. The molecule has 1 unspecified atom stereocenters. The molecule has 7 heteroatoms. The highest BCUT2D eigenvalue weighted by Gasteiger charge is 2.45. The number of nitrogens with zero attached hydrogens (tertiary/aromatic N) is 1. The zero-order chi connectivity index (χ0) is 18.8. The molecule has 1 saturated heterocycles. The topological polar surface area (TPSA) is 45.7 Å². The van der Waals surface area contributed by atoms with Gasteiger partial charge in [0.25, 0.3) is 0 Å². The fourth-order valence-corrected chi connectivity index (χ4v) is 3.46. The predicted octanol–water partition coefficient (Wildman–Crippen LogP) is 3.47. The highest BCUT2D eigenvalue weighted by atomic mass is 19.4. The molecule has 0 spiro atoms. The highest BCUT2D eigenvalue weighted by Crippen LogP contribution is 2.48. The van der Waals surface area contributed by atoms with E-state index in [2.05, 4.69) is 22.5 Å². The maximum absolute atomic E-state index is 13.0. The average molecular weight is 369 g/mol. The Morgan fingerprint density at radius 1 is 1.19 bits per heavy atom. The summed E-state index contributed by atoms with van der Waals surface area (Å²) in [4.78, 5) is 4.22. The van der Waals surface area contributed by atoms with Crippen LogP contribution in [-0.2, 0) is 16.3 Å². The third kappa shape index (κ3) is 4.31. The number of hydrogen-bond donors (Lipinski definition) is 2. The van der Waals surface area contributed by atoms with Crippen LogP contribution >= 0.6 is 0 Å². The Kier molecular flexibility index (Phi) is 5.19. The molecule has 3 rings (SSSR count). The first-order valence-corrected chi connectivity index (χ1v) is 9.03. The zero-order valence-corrected chi connectivity index (χ0v) is 15.2. The molecule has 1 aliphatic carbocycles. The maximum Gasteiger partial charge on any atom is 0.416 e. The highest BCUT2D eigenvalue weighted by molar-refractivity contribution is 5.80. The van der Waals surface area contributed by atoms with Gasteiger partial charge in [0, 0.05) is 32.2 Å². The summed E-state index contributed by atoms with van der Waals surface area (Å²) in [6.45, 7) is 4.07. The summed E-state index contributed by atoms with van der Waals surface area (Å²) in [5.41, 5.74) is -0.279. The molecule has 1 saturated carbocycles. The van der Waals surface area contributed by atoms with Crippen LogP contribution in [0.2, 0.25) is 0 Å². The van der Waals surface area contributed by atoms with Gasteiger partial charge >= 0.3 is 6.18 Å². The Morgan fingerprint density at radius 2 is 1.92 bits per heavy atom. The third-order valence-corrected chi connectivity index (χ3v) is 5.40. The summed E-state index contributed by atoms with van der Waals surface area (Å²) in [6.07, 6.45) is -0.500. The van der Waals surface area contributed by atoms with Gasteiger partial charge in [0.1, 0.15) is 0 Å². The van der Waals surface area contributed by atoms with Crippen LogP contribution in [0.25, 0.3) is 0 Å². The van der Waals surface area contributed by atoms with Crippen LogP contribution in [0.4, 0.5) is 13.2 Å². The Bertz CT molecular complexity index is 662. The lowest BCUT2D eigenvalue weighted by Crippen LogP contribution is -2.47. The van der Waals surface area contributed by atoms with Crippen LogP contribution in [-0.4, -0.2) is 38.3 Å². The molecule has 2 N–H and O–H groups in total. The second-order valence-corrected chi connectivity index (χ2v) is 7.54. The van der Waals surface area contributed by atoms with E-state index in [1.165, 1.54) is 12.1 Å². The van der Waals surface area contributed by atoms with Crippen molar-refractivity contribution in [1.82, 2.24) is 10.6 Å². The van der Waals surface area contributed by atoms with Gasteiger partial charge in [-0.2, -0.15) is 13.2 Å². The Morgan fingerprint density at radius 3 is 2.50 bits per heavy atom. The number of hydrogen-bond acceptors (Lipinski definition) is 2. The van der Waals surface area contributed by atoms with E-state index < -0.39 is 11.7 Å². The van der Waals surface area contributed by atoms with E-state index in [9.17, 15) is 13.2 Å². The van der Waals surface area contributed by atoms with E-state index in [1.807, 2.05) is 0 Å². The van der Waals surface area contributed by atoms with Crippen molar-refractivity contribution in [3.63, 3.8) is 0 Å². The molecule has 26 heavy (non-hydrogen) atoms. The minimum absolute atomic E-state index is 0.185. The van der Waals surface area contributed by atoms with Gasteiger partial charge in [-0.05, 0) is 44.2 Å². The normalized spacial score (nSPS) is 25.2. The first-order chi connectivity index (χ1) is 12.3. The van der Waals surface area contributed by atoms with Gasteiger partial charge in [-0.1, -0.05) is 18.2 Å². The summed E-state index contributed by atoms with van der Waals surface area (Å²) in [5, 5.41) is 6.55. The monoisotopic (exact) mass is 369 g/mol. The van der Waals surface area contributed by atoms with Crippen molar-refractivity contribution in [1.29, 1.82) is 0 Å². The van der Waals surface area contributed by atoms with Gasteiger partial charge in [0.15, 0.2) is 5.96 Å². The second kappa shape index (κ2) is 7.10. The Labute approximate surface area is 152 Å². The van der Waals surface area contributed by atoms with E-state index in [1.54, 1.807) is 13.1 Å². The van der Waals surface area contributed by atoms with E-state index in [-0.39, 0.29) is 11.0 Å². The standard InChI is InChI=1S/C19H26F3N3O/c1-17(7-4-10-26-17)12-24-16(23-2)25-13-18(8-9-18)14-5-3-6-15(11-14)19(20,21)22/h3,5-6,11H,4,7-10,12-13H2,1-2H3,(H2,23,24,25). The van der Waals surface area contributed by atoms with Gasteiger partial charge in [-0.25, -0.2) is 0 Å². The van der Waals surface area contributed by atoms with E-state index in [0.717, 1.165) is 43.9 Å². The van der Waals surface area contributed by atoms with E-state index in [4.69, 9.17) is 4.74 Å². The molecule has 1 heterocycles. The van der Waals surface area contributed by atoms with Gasteiger partial charge in [-0.3, -0.25) is 4.99 Å². The van der Waals surface area contributed by atoms with Gasteiger partial charge in [-0.15, -0.1) is 0 Å². The molecule has 4 nitrogen and oxygen atoms in total. The fraction of sp³-hybridized carbons (Fsp3) is 0.632. The number of aliphatic imine (C=N–C) groups is 1. The molecule has 1 aromatic carbocycles. The molecule has 0 radical (unpaired) electrons. The molecule has 0 aromatic heterocycles.